The van der Waals surface area contributed by atoms with E-state index in [4.69, 9.17) is 23.7 Å². The molecule has 1 N–H and O–H groups in total. The van der Waals surface area contributed by atoms with Gasteiger partial charge >= 0.3 is 0 Å². The first-order valence-electron chi connectivity index (χ1n) is 8.05. The molecule has 6 heteroatoms. The lowest BCUT2D eigenvalue weighted by Crippen LogP contribution is -2.62. The monoisotopic (exact) mass is 320 g/mol. The van der Waals surface area contributed by atoms with Crippen LogP contribution in [0.4, 0.5) is 0 Å². The van der Waals surface area contributed by atoms with E-state index in [1.165, 1.54) is 7.11 Å². The smallest absolute Gasteiger partial charge is 0.184 e. The van der Waals surface area contributed by atoms with Crippen LogP contribution in [0.25, 0.3) is 0 Å². The van der Waals surface area contributed by atoms with Crippen molar-refractivity contribution in [3.63, 3.8) is 0 Å². The largest absolute Gasteiger partial charge is 0.376 e. The summed E-state index contributed by atoms with van der Waals surface area (Å²) < 4.78 is 28.7. The maximum absolute atomic E-state index is 10.2. The Bertz CT molecular complexity index is 307. The molecule has 0 aliphatic carbocycles. The summed E-state index contributed by atoms with van der Waals surface area (Å²) in [5, 5.41) is 10.2. The Balaban J connectivity index is 2.94. The van der Waals surface area contributed by atoms with Gasteiger partial charge in [-0.3, -0.25) is 0 Å². The first-order valence-corrected chi connectivity index (χ1v) is 8.05. The minimum atomic E-state index is -1.07. The fourth-order valence-corrected chi connectivity index (χ4v) is 2.52. The topological polar surface area (TPSA) is 66.4 Å². The van der Waals surface area contributed by atoms with E-state index in [1.807, 2.05) is 41.5 Å². The summed E-state index contributed by atoms with van der Waals surface area (Å²) in [6, 6.07) is 0. The van der Waals surface area contributed by atoms with Crippen molar-refractivity contribution in [2.45, 2.75) is 90.6 Å². The Morgan fingerprint density at radius 1 is 0.864 bits per heavy atom. The van der Waals surface area contributed by atoms with E-state index in [2.05, 4.69) is 0 Å². The zero-order valence-electron chi connectivity index (χ0n) is 14.8. The Morgan fingerprint density at radius 2 is 1.41 bits per heavy atom. The molecule has 22 heavy (non-hydrogen) atoms. The summed E-state index contributed by atoms with van der Waals surface area (Å²) in [4.78, 5) is 0. The predicted molar refractivity (Wildman–Crippen MR) is 82.8 cm³/mol. The minimum absolute atomic E-state index is 0.00108. The molecule has 0 spiro atoms. The third-order valence-electron chi connectivity index (χ3n) is 3.33. The molecule has 0 bridgehead atoms. The van der Waals surface area contributed by atoms with Crippen molar-refractivity contribution in [3.8, 4) is 0 Å². The Hall–Kier alpha value is -0.240. The van der Waals surface area contributed by atoms with Gasteiger partial charge in [-0.25, -0.2) is 0 Å². The van der Waals surface area contributed by atoms with E-state index in [9.17, 15) is 5.11 Å². The molecule has 0 aromatic carbocycles. The van der Waals surface area contributed by atoms with Crippen molar-refractivity contribution in [2.75, 3.05) is 13.7 Å². The summed E-state index contributed by atoms with van der Waals surface area (Å²) in [7, 11) is 1.53. The lowest BCUT2D eigenvalue weighted by Gasteiger charge is -2.45. The van der Waals surface area contributed by atoms with E-state index in [0.29, 0.717) is 6.61 Å². The predicted octanol–water partition coefficient (Wildman–Crippen LogP) is 1.73. The first-order chi connectivity index (χ1) is 10.3. The van der Waals surface area contributed by atoms with Gasteiger partial charge < -0.3 is 28.8 Å². The van der Waals surface area contributed by atoms with Crippen molar-refractivity contribution < 1.29 is 28.8 Å². The molecule has 0 amide bonds. The molecule has 5 atom stereocenters. The highest BCUT2D eigenvalue weighted by Gasteiger charge is 2.48. The van der Waals surface area contributed by atoms with Crippen molar-refractivity contribution in [1.82, 2.24) is 0 Å². The molecule has 0 aromatic heterocycles. The van der Waals surface area contributed by atoms with E-state index in [1.54, 1.807) is 0 Å². The summed E-state index contributed by atoms with van der Waals surface area (Å²) in [6.45, 7) is 12.1. The van der Waals surface area contributed by atoms with E-state index in [0.717, 1.165) is 0 Å². The van der Waals surface area contributed by atoms with Crippen LogP contribution in [0.1, 0.15) is 41.5 Å². The molecular formula is C16H32O6. The molecule has 1 heterocycles. The van der Waals surface area contributed by atoms with E-state index < -0.39 is 24.6 Å². The van der Waals surface area contributed by atoms with Crippen LogP contribution in [-0.4, -0.2) is 67.8 Å². The van der Waals surface area contributed by atoms with Gasteiger partial charge in [0.15, 0.2) is 6.29 Å². The quantitative estimate of drug-likeness (QED) is 0.735. The molecule has 1 aliphatic heterocycles. The Labute approximate surface area is 134 Å². The second-order valence-electron chi connectivity index (χ2n) is 6.45. The molecule has 6 nitrogen and oxygen atoms in total. The van der Waals surface area contributed by atoms with Gasteiger partial charge in [-0.1, -0.05) is 0 Å². The van der Waals surface area contributed by atoms with Crippen molar-refractivity contribution >= 4 is 0 Å². The lowest BCUT2D eigenvalue weighted by molar-refractivity contribution is -0.316. The highest BCUT2D eigenvalue weighted by molar-refractivity contribution is 4.92. The number of hydrogen-bond acceptors (Lipinski definition) is 6. The number of hydrogen-bond donors (Lipinski definition) is 1. The zero-order valence-corrected chi connectivity index (χ0v) is 14.8. The van der Waals surface area contributed by atoms with Gasteiger partial charge in [-0.15, -0.1) is 0 Å². The maximum atomic E-state index is 10.2. The molecular weight excluding hydrogens is 288 g/mol. The molecule has 0 aromatic rings. The number of ether oxygens (including phenoxy) is 5. The first kappa shape index (κ1) is 19.8. The molecule has 0 saturated carbocycles. The van der Waals surface area contributed by atoms with Crippen LogP contribution in [0.2, 0.25) is 0 Å². The van der Waals surface area contributed by atoms with Gasteiger partial charge in [0.05, 0.1) is 24.9 Å². The van der Waals surface area contributed by atoms with Crippen LogP contribution < -0.4 is 0 Å². The number of rotatable bonds is 8. The van der Waals surface area contributed by atoms with Gasteiger partial charge in [0.1, 0.15) is 24.4 Å². The summed E-state index contributed by atoms with van der Waals surface area (Å²) >= 11 is 0. The van der Waals surface area contributed by atoms with Crippen molar-refractivity contribution in [1.29, 1.82) is 0 Å². The van der Waals surface area contributed by atoms with Gasteiger partial charge in [-0.05, 0) is 41.5 Å². The van der Waals surface area contributed by atoms with Crippen LogP contribution in [0.15, 0.2) is 0 Å². The highest BCUT2D eigenvalue weighted by Crippen LogP contribution is 2.28. The van der Waals surface area contributed by atoms with Crippen LogP contribution in [-0.2, 0) is 23.7 Å². The standard InChI is InChI=1S/C16H32O6/c1-9(2)19-8-12-13(20-10(3)4)14(21-11(5)6)15(18-7)16(17)22-12/h9-17H,8H2,1-7H3/t12?,13?,14-,15?,16+/m0/s1. The number of aliphatic hydroxyl groups is 1. The molecule has 1 rings (SSSR count). The number of aliphatic hydroxyl groups excluding tert-OH is 1. The molecule has 1 aliphatic rings. The summed E-state index contributed by atoms with van der Waals surface area (Å²) in [5.74, 6) is 0. The second kappa shape index (κ2) is 9.15. The van der Waals surface area contributed by atoms with Crippen LogP contribution >= 0.6 is 0 Å². The van der Waals surface area contributed by atoms with Gasteiger partial charge in [0.2, 0.25) is 0 Å². The summed E-state index contributed by atoms with van der Waals surface area (Å²) in [5.41, 5.74) is 0. The van der Waals surface area contributed by atoms with Gasteiger partial charge in [0.25, 0.3) is 0 Å². The van der Waals surface area contributed by atoms with Gasteiger partial charge in [-0.2, -0.15) is 0 Å². The Morgan fingerprint density at radius 3 is 1.86 bits per heavy atom. The van der Waals surface area contributed by atoms with E-state index >= 15 is 0 Å². The third kappa shape index (κ3) is 5.76. The average molecular weight is 320 g/mol. The third-order valence-corrected chi connectivity index (χ3v) is 3.33. The Kier molecular flexibility index (Phi) is 8.24. The lowest BCUT2D eigenvalue weighted by atomic mass is 9.98. The minimum Gasteiger partial charge on any atom is -0.376 e. The average Bonchev–Trinajstić information content (AvgIpc) is 2.39. The zero-order chi connectivity index (χ0) is 16.9. The normalized spacial score (nSPS) is 33.1. The molecule has 1 fully saturated rings. The number of methoxy groups -OCH3 is 1. The SMILES string of the molecule is COC1[C@@H](OC(C)C)C(OC(C)C)C(COC(C)C)O[C@H]1O. The second-order valence-corrected chi connectivity index (χ2v) is 6.45. The van der Waals surface area contributed by atoms with Crippen LogP contribution in [0, 0.1) is 0 Å². The van der Waals surface area contributed by atoms with Gasteiger partial charge in [0, 0.05) is 7.11 Å². The highest BCUT2D eigenvalue weighted by atomic mass is 16.7. The molecule has 132 valence electrons. The van der Waals surface area contributed by atoms with Crippen molar-refractivity contribution in [2.24, 2.45) is 0 Å². The molecule has 1 saturated heterocycles. The molecule has 3 unspecified atom stereocenters. The van der Waals surface area contributed by atoms with Crippen LogP contribution in [0.5, 0.6) is 0 Å². The van der Waals surface area contributed by atoms with Crippen molar-refractivity contribution in [3.05, 3.63) is 0 Å². The summed E-state index contributed by atoms with van der Waals surface area (Å²) in [6.07, 6.45) is -2.80. The van der Waals surface area contributed by atoms with Crippen LogP contribution in [0.3, 0.4) is 0 Å². The van der Waals surface area contributed by atoms with E-state index in [-0.39, 0.29) is 24.4 Å². The molecule has 0 radical (unpaired) electrons. The fraction of sp³-hybridized carbons (Fsp3) is 1.00. The maximum Gasteiger partial charge on any atom is 0.184 e. The fourth-order valence-electron chi connectivity index (χ4n) is 2.52.